The van der Waals surface area contributed by atoms with Gasteiger partial charge in [0.05, 0.1) is 0 Å². The van der Waals surface area contributed by atoms with Crippen LogP contribution in [0.15, 0.2) is 24.3 Å². The van der Waals surface area contributed by atoms with Crippen molar-refractivity contribution in [2.75, 3.05) is 0 Å². The average molecular weight is 245 g/mol. The molecule has 0 saturated heterocycles. The van der Waals surface area contributed by atoms with Crippen molar-refractivity contribution in [2.24, 2.45) is 11.8 Å². The number of hydrogen-bond acceptors (Lipinski definition) is 1. The van der Waals surface area contributed by atoms with E-state index in [0.29, 0.717) is 12.1 Å². The quantitative estimate of drug-likeness (QED) is 0.828. The van der Waals surface area contributed by atoms with E-state index in [0.717, 1.165) is 11.8 Å². The van der Waals surface area contributed by atoms with Crippen molar-refractivity contribution in [1.82, 2.24) is 5.32 Å². The van der Waals surface area contributed by atoms with E-state index in [9.17, 15) is 0 Å². The summed E-state index contributed by atoms with van der Waals surface area (Å²) >= 11 is 0. The molecule has 1 aliphatic carbocycles. The summed E-state index contributed by atoms with van der Waals surface area (Å²) in [5.74, 6) is 1.74. The zero-order valence-corrected chi connectivity index (χ0v) is 12.2. The minimum Gasteiger partial charge on any atom is -0.307 e. The molecule has 18 heavy (non-hydrogen) atoms. The normalized spacial score (nSPS) is 30.1. The number of nitrogens with one attached hydrogen (secondary N) is 1. The summed E-state index contributed by atoms with van der Waals surface area (Å²) in [4.78, 5) is 0. The first-order valence-corrected chi connectivity index (χ1v) is 7.37. The van der Waals surface area contributed by atoms with Crippen molar-refractivity contribution in [1.29, 1.82) is 0 Å². The van der Waals surface area contributed by atoms with Gasteiger partial charge in [0, 0.05) is 12.1 Å². The van der Waals surface area contributed by atoms with Gasteiger partial charge < -0.3 is 5.32 Å². The van der Waals surface area contributed by atoms with Gasteiger partial charge in [-0.05, 0) is 50.5 Å². The first-order valence-electron chi connectivity index (χ1n) is 7.37. The Bertz CT molecular complexity index is 358. The van der Waals surface area contributed by atoms with Gasteiger partial charge in [0.25, 0.3) is 0 Å². The second kappa shape index (κ2) is 5.88. The lowest BCUT2D eigenvalue weighted by atomic mass is 9.80. The third-order valence-electron chi connectivity index (χ3n) is 4.24. The van der Waals surface area contributed by atoms with Crippen LogP contribution in [0.5, 0.6) is 0 Å². The zero-order valence-electron chi connectivity index (χ0n) is 12.2. The molecule has 1 nitrogen and oxygen atoms in total. The largest absolute Gasteiger partial charge is 0.307 e. The Hall–Kier alpha value is -0.820. The molecule has 1 fully saturated rings. The molecular weight excluding hydrogens is 218 g/mol. The van der Waals surface area contributed by atoms with Crippen LogP contribution in [-0.2, 0) is 0 Å². The molecule has 3 unspecified atom stereocenters. The molecule has 1 aliphatic rings. The monoisotopic (exact) mass is 245 g/mol. The number of aryl methyl sites for hydroxylation is 1. The second-order valence-electron chi connectivity index (χ2n) is 6.41. The highest BCUT2D eigenvalue weighted by atomic mass is 14.9. The third kappa shape index (κ3) is 3.58. The van der Waals surface area contributed by atoms with Crippen molar-refractivity contribution in [2.45, 2.75) is 59.0 Å². The van der Waals surface area contributed by atoms with E-state index in [1.165, 1.54) is 30.4 Å². The molecular formula is C17H27N. The van der Waals surface area contributed by atoms with Crippen LogP contribution in [-0.4, -0.2) is 6.04 Å². The summed E-state index contributed by atoms with van der Waals surface area (Å²) in [6, 6.07) is 10.1. The fraction of sp³-hybridized carbons (Fsp3) is 0.647. The molecule has 100 valence electrons. The average Bonchev–Trinajstić information content (AvgIpc) is 2.28. The Balaban J connectivity index is 1.94. The summed E-state index contributed by atoms with van der Waals surface area (Å²) < 4.78 is 0. The molecule has 0 aliphatic heterocycles. The molecule has 0 radical (unpaired) electrons. The lowest BCUT2D eigenvalue weighted by Crippen LogP contribution is -2.37. The van der Waals surface area contributed by atoms with Gasteiger partial charge in [-0.3, -0.25) is 0 Å². The molecule has 0 aromatic heterocycles. The molecule has 1 aromatic rings. The second-order valence-corrected chi connectivity index (χ2v) is 6.41. The smallest absolute Gasteiger partial charge is 0.0294 e. The van der Waals surface area contributed by atoms with Gasteiger partial charge >= 0.3 is 0 Å². The minimum absolute atomic E-state index is 0.466. The molecule has 1 heteroatoms. The summed E-state index contributed by atoms with van der Waals surface area (Å²) in [7, 11) is 0. The van der Waals surface area contributed by atoms with E-state index < -0.39 is 0 Å². The van der Waals surface area contributed by atoms with Gasteiger partial charge in [-0.2, -0.15) is 0 Å². The van der Waals surface area contributed by atoms with E-state index in [1.54, 1.807) is 0 Å². The van der Waals surface area contributed by atoms with E-state index in [-0.39, 0.29) is 0 Å². The van der Waals surface area contributed by atoms with Gasteiger partial charge in [-0.15, -0.1) is 0 Å². The van der Waals surface area contributed by atoms with Gasteiger partial charge in [-0.25, -0.2) is 0 Å². The van der Waals surface area contributed by atoms with Crippen LogP contribution in [0.3, 0.4) is 0 Å². The maximum atomic E-state index is 3.82. The first-order chi connectivity index (χ1) is 8.54. The van der Waals surface area contributed by atoms with Crippen LogP contribution in [0.4, 0.5) is 0 Å². The lowest BCUT2D eigenvalue weighted by Gasteiger charge is -2.34. The van der Waals surface area contributed by atoms with Crippen molar-refractivity contribution in [3.8, 4) is 0 Å². The van der Waals surface area contributed by atoms with Crippen LogP contribution in [0.2, 0.25) is 0 Å². The Labute approximate surface area is 112 Å². The van der Waals surface area contributed by atoms with Gasteiger partial charge in [0.15, 0.2) is 0 Å². The van der Waals surface area contributed by atoms with Crippen molar-refractivity contribution in [3.63, 3.8) is 0 Å². The van der Waals surface area contributed by atoms with E-state index in [1.807, 2.05) is 0 Å². The Morgan fingerprint density at radius 1 is 1.00 bits per heavy atom. The Morgan fingerprint density at radius 3 is 2.11 bits per heavy atom. The third-order valence-corrected chi connectivity index (χ3v) is 4.24. The fourth-order valence-electron chi connectivity index (χ4n) is 3.39. The van der Waals surface area contributed by atoms with E-state index >= 15 is 0 Å². The SMILES string of the molecule is Cc1ccc(C(C)NC2CC(C)CC(C)C2)cc1. The molecule has 1 aromatic carbocycles. The molecule has 0 bridgehead atoms. The highest BCUT2D eigenvalue weighted by Gasteiger charge is 2.24. The first kappa shape index (κ1) is 13.6. The number of rotatable bonds is 3. The van der Waals surface area contributed by atoms with E-state index in [4.69, 9.17) is 0 Å². The molecule has 3 atom stereocenters. The predicted octanol–water partition coefficient (Wildman–Crippen LogP) is 4.47. The Kier molecular flexibility index (Phi) is 4.45. The minimum atomic E-state index is 0.466. The standard InChI is InChI=1S/C17H27N/c1-12-5-7-16(8-6-12)15(4)18-17-10-13(2)9-14(3)11-17/h5-8,13-15,17-18H,9-11H2,1-4H3. The molecule has 0 heterocycles. The topological polar surface area (TPSA) is 12.0 Å². The predicted molar refractivity (Wildman–Crippen MR) is 78.7 cm³/mol. The number of hydrogen-bond donors (Lipinski definition) is 1. The van der Waals surface area contributed by atoms with Gasteiger partial charge in [0.2, 0.25) is 0 Å². The number of benzene rings is 1. The van der Waals surface area contributed by atoms with Crippen molar-refractivity contribution >= 4 is 0 Å². The van der Waals surface area contributed by atoms with Gasteiger partial charge in [-0.1, -0.05) is 43.7 Å². The molecule has 0 amide bonds. The fourth-order valence-corrected chi connectivity index (χ4v) is 3.39. The van der Waals surface area contributed by atoms with Crippen LogP contribution >= 0.6 is 0 Å². The van der Waals surface area contributed by atoms with E-state index in [2.05, 4.69) is 57.3 Å². The highest BCUT2D eigenvalue weighted by molar-refractivity contribution is 5.23. The van der Waals surface area contributed by atoms with Gasteiger partial charge in [0.1, 0.15) is 0 Å². The summed E-state index contributed by atoms with van der Waals surface area (Å²) in [5, 5.41) is 3.82. The maximum absolute atomic E-state index is 3.82. The Morgan fingerprint density at radius 2 is 1.56 bits per heavy atom. The zero-order chi connectivity index (χ0) is 13.1. The maximum Gasteiger partial charge on any atom is 0.0294 e. The van der Waals surface area contributed by atoms with Crippen molar-refractivity contribution < 1.29 is 0 Å². The van der Waals surface area contributed by atoms with Crippen LogP contribution < -0.4 is 5.32 Å². The lowest BCUT2D eigenvalue weighted by molar-refractivity contribution is 0.228. The highest BCUT2D eigenvalue weighted by Crippen LogP contribution is 2.29. The van der Waals surface area contributed by atoms with Crippen molar-refractivity contribution in [3.05, 3.63) is 35.4 Å². The van der Waals surface area contributed by atoms with Crippen LogP contribution in [0.1, 0.15) is 57.2 Å². The molecule has 1 N–H and O–H groups in total. The summed E-state index contributed by atoms with van der Waals surface area (Å²) in [5.41, 5.74) is 2.75. The van der Waals surface area contributed by atoms with Crippen LogP contribution in [0, 0.1) is 18.8 Å². The molecule has 1 saturated carbocycles. The summed E-state index contributed by atoms with van der Waals surface area (Å²) in [6.45, 7) is 9.21. The van der Waals surface area contributed by atoms with Crippen LogP contribution in [0.25, 0.3) is 0 Å². The molecule has 0 spiro atoms. The summed E-state index contributed by atoms with van der Waals surface area (Å²) in [6.07, 6.45) is 4.07. The molecule has 2 rings (SSSR count).